The van der Waals surface area contributed by atoms with E-state index in [1.807, 2.05) is 46.6 Å². The number of halogens is 3. The Bertz CT molecular complexity index is 575. The highest BCUT2D eigenvalue weighted by Gasteiger charge is 2.31. The molecule has 1 aromatic carbocycles. The number of piperidine rings is 1. The second-order valence-electron chi connectivity index (χ2n) is 6.58. The maximum absolute atomic E-state index is 12.2. The maximum Gasteiger partial charge on any atom is 0.573 e. The number of allylic oxidation sites excluding steroid dienone is 2. The number of hydrogen-bond acceptors (Lipinski definition) is 3. The summed E-state index contributed by atoms with van der Waals surface area (Å²) in [6.07, 6.45) is 10.2. The highest BCUT2D eigenvalue weighted by atomic mass is 19.4. The molecule has 0 atom stereocenters. The molecule has 0 radical (unpaired) electrons. The lowest BCUT2D eigenvalue weighted by atomic mass is 9.94. The summed E-state index contributed by atoms with van der Waals surface area (Å²) in [6, 6.07) is 5.92. The van der Waals surface area contributed by atoms with E-state index in [9.17, 15) is 13.2 Å². The number of nitrogens with zero attached hydrogens (tertiary/aromatic N) is 1. The summed E-state index contributed by atoms with van der Waals surface area (Å²) in [5.41, 5.74) is 1.92. The van der Waals surface area contributed by atoms with Crippen molar-refractivity contribution in [1.82, 2.24) is 5.32 Å². The van der Waals surface area contributed by atoms with E-state index in [0.717, 1.165) is 30.9 Å². The van der Waals surface area contributed by atoms with Crippen LogP contribution in [0.25, 0.3) is 0 Å². The van der Waals surface area contributed by atoms with Crippen LogP contribution in [0.15, 0.2) is 36.0 Å². The number of hydrogen-bond donors (Lipinski definition) is 1. The molecule has 1 aliphatic heterocycles. The number of ether oxygens (including phenoxy) is 1. The van der Waals surface area contributed by atoms with E-state index in [0.29, 0.717) is 5.92 Å². The van der Waals surface area contributed by atoms with Crippen molar-refractivity contribution in [2.45, 2.75) is 80.5 Å². The van der Waals surface area contributed by atoms with E-state index in [2.05, 4.69) is 42.8 Å². The smallest absolute Gasteiger partial charge is 0.406 e. The van der Waals surface area contributed by atoms with E-state index in [1.54, 1.807) is 12.1 Å². The Kier molecular flexibility index (Phi) is 23.8. The van der Waals surface area contributed by atoms with Crippen LogP contribution in [0.2, 0.25) is 0 Å². The van der Waals surface area contributed by atoms with Gasteiger partial charge in [-0.1, -0.05) is 54.0 Å². The molecular weight excluding hydrogens is 413 g/mol. The first kappa shape index (κ1) is 34.5. The van der Waals surface area contributed by atoms with Crippen molar-refractivity contribution in [1.29, 1.82) is 0 Å². The van der Waals surface area contributed by atoms with Crippen LogP contribution in [0.1, 0.15) is 74.1 Å². The molecule has 0 aliphatic carbocycles. The molecule has 0 aromatic heterocycles. The third-order valence-electron chi connectivity index (χ3n) is 4.19. The molecule has 1 heterocycles. The van der Waals surface area contributed by atoms with Crippen molar-refractivity contribution >= 4 is 5.69 Å². The quantitative estimate of drug-likeness (QED) is 0.452. The van der Waals surface area contributed by atoms with Crippen molar-refractivity contribution < 1.29 is 17.9 Å². The zero-order valence-corrected chi connectivity index (χ0v) is 21.4. The maximum atomic E-state index is 12.2. The highest BCUT2D eigenvalue weighted by Crippen LogP contribution is 2.26. The van der Waals surface area contributed by atoms with E-state index >= 15 is 0 Å². The number of alkyl halides is 3. The minimum atomic E-state index is -4.65. The molecule has 1 aliphatic rings. The fourth-order valence-corrected chi connectivity index (χ4v) is 2.67. The van der Waals surface area contributed by atoms with Crippen molar-refractivity contribution in [3.05, 3.63) is 36.0 Å². The fourth-order valence-electron chi connectivity index (χ4n) is 2.67. The van der Waals surface area contributed by atoms with Gasteiger partial charge in [0.1, 0.15) is 5.75 Å². The first-order valence-electron chi connectivity index (χ1n) is 11.6. The summed E-state index contributed by atoms with van der Waals surface area (Å²) in [6.45, 7) is 16.4. The standard InChI is InChI=1S/C17H23F3N2O.C3H8.2C2H6.C2H2/c1-13(3-4-14-9-11-21-12-10-14)22(2)15-5-7-16(8-6-15)23-17(18,19)20;1-3-2;3*1-2/h3,5-8,14,21H,4,9-12H2,1-2H3;3H2,1-2H3;2*1-2H3;1-2H/b13-3-;;;;. The van der Waals surface area contributed by atoms with Crippen LogP contribution in [-0.4, -0.2) is 26.5 Å². The molecule has 2 rings (SSSR count). The van der Waals surface area contributed by atoms with Crippen LogP contribution in [0, 0.1) is 18.8 Å². The lowest BCUT2D eigenvalue weighted by Crippen LogP contribution is -2.27. The van der Waals surface area contributed by atoms with Crippen molar-refractivity contribution in [3.63, 3.8) is 0 Å². The van der Waals surface area contributed by atoms with E-state index in [1.165, 1.54) is 31.4 Å². The Morgan fingerprint density at radius 1 is 1.06 bits per heavy atom. The predicted octanol–water partition coefficient (Wildman–Crippen LogP) is 8.03. The molecule has 1 fully saturated rings. The Morgan fingerprint density at radius 3 is 1.91 bits per heavy atom. The fraction of sp³-hybridized carbons (Fsp3) is 0.615. The molecule has 6 heteroatoms. The van der Waals surface area contributed by atoms with Gasteiger partial charge < -0.3 is 15.0 Å². The lowest BCUT2D eigenvalue weighted by molar-refractivity contribution is -0.274. The number of benzene rings is 1. The number of anilines is 1. The molecule has 0 amide bonds. The Balaban J connectivity index is -0.000000822. The molecule has 32 heavy (non-hydrogen) atoms. The van der Waals surface area contributed by atoms with Crippen LogP contribution < -0.4 is 15.0 Å². The van der Waals surface area contributed by atoms with E-state index < -0.39 is 6.36 Å². The van der Waals surface area contributed by atoms with Gasteiger partial charge in [0, 0.05) is 18.4 Å². The van der Waals surface area contributed by atoms with Crippen LogP contribution >= 0.6 is 0 Å². The van der Waals surface area contributed by atoms with Gasteiger partial charge in [0.2, 0.25) is 0 Å². The van der Waals surface area contributed by atoms with Gasteiger partial charge in [-0.3, -0.25) is 0 Å². The number of rotatable bonds is 5. The van der Waals surface area contributed by atoms with Crippen LogP contribution in [0.4, 0.5) is 18.9 Å². The van der Waals surface area contributed by atoms with Crippen LogP contribution in [0.5, 0.6) is 5.75 Å². The molecule has 0 saturated carbocycles. The van der Waals surface area contributed by atoms with Crippen LogP contribution in [0.3, 0.4) is 0 Å². The Morgan fingerprint density at radius 2 is 1.50 bits per heavy atom. The van der Waals surface area contributed by atoms with Gasteiger partial charge in [0.25, 0.3) is 0 Å². The first-order valence-corrected chi connectivity index (χ1v) is 11.6. The summed E-state index contributed by atoms with van der Waals surface area (Å²) in [4.78, 5) is 1.97. The minimum Gasteiger partial charge on any atom is -0.406 e. The SMILES string of the molecule is C#C.C/C(=C/CC1CCNCC1)N(C)c1ccc(OC(F)(F)F)cc1.CC.CC.CCC. The molecule has 1 N–H and O–H groups in total. The normalized spacial score (nSPS) is 13.3. The molecule has 186 valence electrons. The second-order valence-corrected chi connectivity index (χ2v) is 6.58. The number of terminal acetylenes is 1. The molecule has 3 nitrogen and oxygen atoms in total. The molecule has 0 unspecified atom stereocenters. The van der Waals surface area contributed by atoms with Gasteiger partial charge in [-0.2, -0.15) is 0 Å². The third-order valence-corrected chi connectivity index (χ3v) is 4.19. The average Bonchev–Trinajstić information content (AvgIpc) is 2.81. The van der Waals surface area contributed by atoms with Gasteiger partial charge >= 0.3 is 6.36 Å². The Labute approximate surface area is 195 Å². The summed E-state index contributed by atoms with van der Waals surface area (Å²) < 4.78 is 40.4. The third kappa shape index (κ3) is 17.5. The highest BCUT2D eigenvalue weighted by molar-refractivity contribution is 5.52. The molecule has 1 saturated heterocycles. The van der Waals surface area contributed by atoms with Gasteiger partial charge in [0.05, 0.1) is 0 Å². The topological polar surface area (TPSA) is 24.5 Å². The van der Waals surface area contributed by atoms with E-state index in [-0.39, 0.29) is 5.75 Å². The van der Waals surface area contributed by atoms with Crippen LogP contribution in [-0.2, 0) is 0 Å². The van der Waals surface area contributed by atoms with Gasteiger partial charge in [0.15, 0.2) is 0 Å². The zero-order chi connectivity index (χ0) is 25.6. The summed E-state index contributed by atoms with van der Waals surface area (Å²) in [5.74, 6) is 0.508. The predicted molar refractivity (Wildman–Crippen MR) is 134 cm³/mol. The summed E-state index contributed by atoms with van der Waals surface area (Å²) in [5, 5.41) is 3.35. The molecule has 1 aromatic rings. The van der Waals surface area contributed by atoms with Gasteiger partial charge in [-0.05, 0) is 69.5 Å². The summed E-state index contributed by atoms with van der Waals surface area (Å²) >= 11 is 0. The molecule has 0 spiro atoms. The Hall–Kier alpha value is -2.13. The largest absolute Gasteiger partial charge is 0.573 e. The monoisotopic (exact) mass is 458 g/mol. The van der Waals surface area contributed by atoms with Gasteiger partial charge in [-0.15, -0.1) is 26.0 Å². The minimum absolute atomic E-state index is 0.203. The molecular formula is C26H45F3N2O. The average molecular weight is 459 g/mol. The zero-order valence-electron chi connectivity index (χ0n) is 21.4. The van der Waals surface area contributed by atoms with Crippen molar-refractivity contribution in [3.8, 4) is 18.6 Å². The van der Waals surface area contributed by atoms with Gasteiger partial charge in [-0.25, -0.2) is 0 Å². The molecule has 0 bridgehead atoms. The summed E-state index contributed by atoms with van der Waals surface area (Å²) in [7, 11) is 1.91. The van der Waals surface area contributed by atoms with Crippen molar-refractivity contribution in [2.24, 2.45) is 5.92 Å². The first-order chi connectivity index (χ1) is 15.3. The lowest BCUT2D eigenvalue weighted by Gasteiger charge is -2.24. The number of nitrogens with one attached hydrogen (secondary N) is 1. The second kappa shape index (κ2) is 22.1. The van der Waals surface area contributed by atoms with E-state index in [4.69, 9.17) is 0 Å². The van der Waals surface area contributed by atoms with Crippen molar-refractivity contribution in [2.75, 3.05) is 25.0 Å².